The first-order valence-electron chi connectivity index (χ1n) is 14.1. The molecule has 2 aromatic rings. The van der Waals surface area contributed by atoms with Crippen LogP contribution in [-0.2, 0) is 19.6 Å². The predicted molar refractivity (Wildman–Crippen MR) is 163 cm³/mol. The molecule has 0 aliphatic carbocycles. The molecule has 2 aliphatic heterocycles. The predicted octanol–water partition coefficient (Wildman–Crippen LogP) is 4.71. The highest BCUT2D eigenvalue weighted by Gasteiger charge is 2.35. The van der Waals surface area contributed by atoms with Crippen LogP contribution in [0.4, 0.5) is 31.8 Å². The number of nitrogens with one attached hydrogen (secondary N) is 2. The van der Waals surface area contributed by atoms with Crippen molar-refractivity contribution in [2.24, 2.45) is 0 Å². The molecule has 2 aliphatic rings. The lowest BCUT2D eigenvalue weighted by molar-refractivity contribution is -0.139. The lowest BCUT2D eigenvalue weighted by atomic mass is 10.1. The molecule has 0 bridgehead atoms. The number of esters is 1. The fourth-order valence-electron chi connectivity index (χ4n) is 5.10. The van der Waals surface area contributed by atoms with E-state index in [1.807, 2.05) is 6.92 Å². The molecule has 4 rings (SSSR count). The van der Waals surface area contributed by atoms with Crippen molar-refractivity contribution in [1.29, 1.82) is 0 Å². The van der Waals surface area contributed by atoms with Crippen molar-refractivity contribution in [1.82, 2.24) is 4.98 Å². The molecule has 2 N–H and O–H groups in total. The minimum Gasteiger partial charge on any atom is -0.465 e. The van der Waals surface area contributed by atoms with E-state index in [4.69, 9.17) is 4.74 Å². The topological polar surface area (TPSA) is 121 Å². The first-order chi connectivity index (χ1) is 19.7. The third kappa shape index (κ3) is 8.40. The fraction of sp³-hybridized carbons (Fsp3) is 0.536. The van der Waals surface area contributed by atoms with E-state index in [1.54, 1.807) is 36.1 Å². The van der Waals surface area contributed by atoms with Gasteiger partial charge in [-0.15, -0.1) is 0 Å². The number of carbonyl (C=O) groups is 2. The van der Waals surface area contributed by atoms with E-state index < -0.39 is 41.6 Å². The third-order valence-corrected chi connectivity index (χ3v) is 11.9. The molecule has 2 fully saturated rings. The van der Waals surface area contributed by atoms with E-state index in [2.05, 4.69) is 33.0 Å². The smallest absolute Gasteiger partial charge is 0.323 e. The van der Waals surface area contributed by atoms with Crippen LogP contribution in [0.1, 0.15) is 35.7 Å². The quantitative estimate of drug-likeness (QED) is 0.304. The van der Waals surface area contributed by atoms with Gasteiger partial charge in [-0.1, -0.05) is 13.1 Å². The van der Waals surface area contributed by atoms with Crippen molar-refractivity contribution < 1.29 is 31.5 Å². The summed E-state index contributed by atoms with van der Waals surface area (Å²) in [6, 6.07) is 10.2. The zero-order chi connectivity index (χ0) is 30.7. The number of ether oxygens (including phenoxy) is 1. The molecule has 1 amide bonds. The maximum Gasteiger partial charge on any atom is 0.323 e. The molecule has 0 radical (unpaired) electrons. The van der Waals surface area contributed by atoms with Gasteiger partial charge in [0.1, 0.15) is 11.6 Å². The Balaban J connectivity index is 1.59. The molecule has 1 aromatic carbocycles. The zero-order valence-corrected chi connectivity index (χ0v) is 26.3. The van der Waals surface area contributed by atoms with Crippen molar-refractivity contribution in [3.8, 4) is 0 Å². The fourth-order valence-corrected chi connectivity index (χ4v) is 8.05. The molecule has 0 unspecified atom stereocenters. The molecule has 42 heavy (non-hydrogen) atoms. The number of aromatic nitrogens is 1. The largest absolute Gasteiger partial charge is 0.465 e. The summed E-state index contributed by atoms with van der Waals surface area (Å²) in [6.07, 6.45) is -0.502. The molecule has 0 saturated carbocycles. The number of carbonyl (C=O) groups excluding carboxylic acids is 2. The molecular weight excluding hydrogens is 584 g/mol. The number of amides is 1. The number of anilines is 4. The second-order valence-corrected chi connectivity index (χ2v) is 18.8. The number of sulfonamides is 1. The van der Waals surface area contributed by atoms with Crippen LogP contribution >= 0.6 is 0 Å². The van der Waals surface area contributed by atoms with Gasteiger partial charge in [-0.25, -0.2) is 22.2 Å². The monoisotopic (exact) mass is 623 g/mol. The Morgan fingerprint density at radius 3 is 2.36 bits per heavy atom. The summed E-state index contributed by atoms with van der Waals surface area (Å²) in [7, 11) is -5.38. The van der Waals surface area contributed by atoms with Crippen molar-refractivity contribution in [3.63, 3.8) is 0 Å². The molecule has 1 aromatic heterocycles. The Morgan fingerprint density at radius 1 is 1.05 bits per heavy atom. The van der Waals surface area contributed by atoms with Gasteiger partial charge in [-0.2, -0.15) is 0 Å². The molecule has 0 spiro atoms. The standard InChI is InChI=1S/C28H39F2N5O5SSi/c1-5-40-26(36)19-41(38,39)33-21-6-7-22(23(18-21)34-12-14-42(3,4)15-13-34)27(37)32-24-16-20(2)17-25(31-24)35-10-8-28(29,30)9-11-35/h6-7,16-18,33H,5,8-15,19H2,1-4H3,(H,31,32,37). The van der Waals surface area contributed by atoms with Crippen LogP contribution in [0.2, 0.25) is 25.2 Å². The van der Waals surface area contributed by atoms with Crippen LogP contribution in [0.15, 0.2) is 30.3 Å². The Hall–Kier alpha value is -3.26. The second-order valence-electron chi connectivity index (χ2n) is 11.7. The Bertz CT molecular complexity index is 1420. The summed E-state index contributed by atoms with van der Waals surface area (Å²) in [4.78, 5) is 33.8. The van der Waals surface area contributed by atoms with Crippen molar-refractivity contribution >= 4 is 53.0 Å². The van der Waals surface area contributed by atoms with Gasteiger partial charge in [0.25, 0.3) is 11.8 Å². The highest BCUT2D eigenvalue weighted by Crippen LogP contribution is 2.33. The van der Waals surface area contributed by atoms with Crippen molar-refractivity contribution in [3.05, 3.63) is 41.5 Å². The maximum absolute atomic E-state index is 13.7. The number of aryl methyl sites for hydroxylation is 1. The molecule has 2 saturated heterocycles. The van der Waals surface area contributed by atoms with E-state index in [9.17, 15) is 26.8 Å². The number of nitrogens with zero attached hydrogens (tertiary/aromatic N) is 3. The number of hydrogen-bond acceptors (Lipinski definition) is 8. The van der Waals surface area contributed by atoms with Crippen molar-refractivity contribution in [2.45, 2.75) is 57.8 Å². The van der Waals surface area contributed by atoms with Gasteiger partial charge < -0.3 is 19.9 Å². The summed E-state index contributed by atoms with van der Waals surface area (Å²) in [5, 5.41) is 2.86. The molecule has 230 valence electrons. The van der Waals surface area contributed by atoms with E-state index in [-0.39, 0.29) is 38.2 Å². The summed E-state index contributed by atoms with van der Waals surface area (Å²) >= 11 is 0. The number of alkyl halides is 2. The summed E-state index contributed by atoms with van der Waals surface area (Å²) in [5.41, 5.74) is 1.96. The van der Waals surface area contributed by atoms with Crippen LogP contribution in [-0.4, -0.2) is 77.8 Å². The second kappa shape index (κ2) is 12.5. The Labute approximate surface area is 246 Å². The maximum atomic E-state index is 13.7. The van der Waals surface area contributed by atoms with Gasteiger partial charge in [0.15, 0.2) is 5.75 Å². The first kappa shape index (κ1) is 31.7. The minimum atomic E-state index is -4.03. The summed E-state index contributed by atoms with van der Waals surface area (Å²) < 4.78 is 59.8. The van der Waals surface area contributed by atoms with Crippen LogP contribution in [0.5, 0.6) is 0 Å². The number of halogens is 2. The first-order valence-corrected chi connectivity index (χ1v) is 19.2. The average Bonchev–Trinajstić information content (AvgIpc) is 2.87. The van der Waals surface area contributed by atoms with E-state index in [0.717, 1.165) is 30.7 Å². The number of piperidine rings is 1. The van der Waals surface area contributed by atoms with E-state index in [1.165, 1.54) is 6.07 Å². The Kier molecular flexibility index (Phi) is 9.45. The number of benzene rings is 1. The summed E-state index contributed by atoms with van der Waals surface area (Å²) in [6.45, 7) is 9.95. The lowest BCUT2D eigenvalue weighted by Gasteiger charge is -2.38. The van der Waals surface area contributed by atoms with Crippen LogP contribution in [0, 0.1) is 6.92 Å². The highest BCUT2D eigenvalue weighted by molar-refractivity contribution is 7.93. The van der Waals surface area contributed by atoms with Crippen LogP contribution in [0.3, 0.4) is 0 Å². The molecule has 0 atom stereocenters. The van der Waals surface area contributed by atoms with Gasteiger partial charge in [0.2, 0.25) is 10.0 Å². The normalized spacial score (nSPS) is 18.3. The molecule has 10 nitrogen and oxygen atoms in total. The summed E-state index contributed by atoms with van der Waals surface area (Å²) in [5.74, 6) is -3.97. The minimum absolute atomic E-state index is 0.0716. The Morgan fingerprint density at radius 2 is 1.71 bits per heavy atom. The SMILES string of the molecule is CCOC(=O)CS(=O)(=O)Nc1ccc(C(=O)Nc2cc(C)cc(N3CCC(F)(F)CC3)n2)c(N2CC[Si](C)(C)CC2)c1. The zero-order valence-electron chi connectivity index (χ0n) is 24.5. The van der Waals surface area contributed by atoms with Gasteiger partial charge >= 0.3 is 5.97 Å². The number of pyridine rings is 1. The van der Waals surface area contributed by atoms with E-state index >= 15 is 0 Å². The van der Waals surface area contributed by atoms with Gasteiger partial charge in [0.05, 0.1) is 31.6 Å². The number of hydrogen-bond donors (Lipinski definition) is 2. The molecule has 3 heterocycles. The van der Waals surface area contributed by atoms with Gasteiger partial charge in [0, 0.05) is 39.0 Å². The van der Waals surface area contributed by atoms with E-state index in [0.29, 0.717) is 22.9 Å². The molecular formula is C28H39F2N5O5SSi. The lowest BCUT2D eigenvalue weighted by Crippen LogP contribution is -2.43. The van der Waals surface area contributed by atoms with Gasteiger partial charge in [-0.3, -0.25) is 14.3 Å². The molecule has 14 heteroatoms. The van der Waals surface area contributed by atoms with Crippen LogP contribution < -0.4 is 19.8 Å². The highest BCUT2D eigenvalue weighted by atomic mass is 32.2. The average molecular weight is 624 g/mol. The van der Waals surface area contributed by atoms with Gasteiger partial charge in [-0.05, 0) is 61.8 Å². The third-order valence-electron chi connectivity index (χ3n) is 7.60. The number of rotatable bonds is 9. The van der Waals surface area contributed by atoms with Crippen molar-refractivity contribution in [2.75, 3.05) is 58.4 Å². The van der Waals surface area contributed by atoms with Crippen LogP contribution in [0.25, 0.3) is 0 Å².